The molecule has 6 fully saturated rings. The molecular formula is C67H86N12O11S3. The number of carbonyl (C=O) groups is 3. The van der Waals surface area contributed by atoms with Gasteiger partial charge in [0, 0.05) is 113 Å². The summed E-state index contributed by atoms with van der Waals surface area (Å²) in [6.45, 7) is 17.1. The Hall–Kier alpha value is -7.26. The highest BCUT2D eigenvalue weighted by Gasteiger charge is 2.47. The predicted molar refractivity (Wildman–Crippen MR) is 358 cm³/mol. The van der Waals surface area contributed by atoms with Crippen molar-refractivity contribution in [2.24, 2.45) is 11.8 Å². The second kappa shape index (κ2) is 28.4. The molecule has 5 aliphatic heterocycles. The first-order chi connectivity index (χ1) is 44.7. The van der Waals surface area contributed by atoms with Gasteiger partial charge in [0.25, 0.3) is 0 Å². The van der Waals surface area contributed by atoms with E-state index >= 15 is 0 Å². The molecule has 4 aromatic heterocycles. The van der Waals surface area contributed by atoms with Crippen LogP contribution in [0.1, 0.15) is 121 Å². The lowest BCUT2D eigenvalue weighted by atomic mass is 9.91. The summed E-state index contributed by atoms with van der Waals surface area (Å²) in [4.78, 5) is 63.8. The number of piperazine rings is 1. The summed E-state index contributed by atoms with van der Waals surface area (Å²) in [6.07, 6.45) is 8.51. The summed E-state index contributed by atoms with van der Waals surface area (Å²) in [6, 6.07) is 22.2. The Morgan fingerprint density at radius 3 is 2.25 bits per heavy atom. The topological polar surface area (TPSA) is 274 Å². The quantitative estimate of drug-likeness (QED) is 0.0421. The van der Waals surface area contributed by atoms with Gasteiger partial charge in [-0.15, -0.1) is 21.5 Å². The van der Waals surface area contributed by atoms with E-state index in [4.69, 9.17) is 29.2 Å². The molecule has 1 saturated carbocycles. The number of para-hydroxylation sites is 1. The first-order valence-corrected chi connectivity index (χ1v) is 36.9. The third-order valence-electron chi connectivity index (χ3n) is 19.4. The van der Waals surface area contributed by atoms with Gasteiger partial charge in [-0.05, 0) is 124 Å². The largest absolute Gasteiger partial charge is 0.508 e. The molecule has 5 unspecified atom stereocenters. The third kappa shape index (κ3) is 15.5. The number of phenols is 1. The molecule has 4 N–H and O–H groups in total. The minimum atomic E-state index is -3.41. The molecule has 2 bridgehead atoms. The SMILES string of the molecule is Cc1ncsc1-c1ccc([C@H](C)NC(=O)[C@@H]2C[C@@H](OC(=O)OC(C)C(C)SS(C)(=O)=O)CN2C(=O)C(c2cc(N3CCC(CN4CCC(OC5CC(Oc6cc(N7C8CCC7CN(c7cc(-c9ccccc9O)nnc7N)C8)ccn6)C5)CC4)CC3)no2)C(C)C)cc1. The Morgan fingerprint density at radius 2 is 1.56 bits per heavy atom. The minimum absolute atomic E-state index is 0.0182. The van der Waals surface area contributed by atoms with Crippen LogP contribution in [0.25, 0.3) is 21.7 Å². The highest BCUT2D eigenvalue weighted by Crippen LogP contribution is 2.42. The number of nitrogens with two attached hydrogens (primary N) is 1. The van der Waals surface area contributed by atoms with Gasteiger partial charge in [-0.25, -0.2) is 23.2 Å². The number of aromatic hydroxyl groups is 1. The lowest BCUT2D eigenvalue weighted by Gasteiger charge is -2.43. The molecule has 0 spiro atoms. The van der Waals surface area contributed by atoms with E-state index in [-0.39, 0.29) is 60.9 Å². The zero-order valence-electron chi connectivity index (χ0n) is 53.9. The molecule has 8 atom stereocenters. The van der Waals surface area contributed by atoms with E-state index < -0.39 is 56.4 Å². The number of piperidine rings is 2. The van der Waals surface area contributed by atoms with Gasteiger partial charge >= 0.3 is 6.16 Å². The van der Waals surface area contributed by atoms with Gasteiger partial charge in [0.15, 0.2) is 26.3 Å². The summed E-state index contributed by atoms with van der Waals surface area (Å²) in [7, 11) is -2.72. The van der Waals surface area contributed by atoms with Crippen LogP contribution >= 0.6 is 22.1 Å². The number of aromatic nitrogens is 5. The van der Waals surface area contributed by atoms with Crippen LogP contribution < -0.4 is 30.5 Å². The molecule has 26 heteroatoms. The van der Waals surface area contributed by atoms with Crippen LogP contribution in [0.3, 0.4) is 0 Å². The fourth-order valence-electron chi connectivity index (χ4n) is 14.2. The number of nitrogen functional groups attached to an aromatic ring is 1. The van der Waals surface area contributed by atoms with Crippen LogP contribution in [0.4, 0.5) is 27.8 Å². The number of likely N-dealkylation sites (tertiary alicyclic amines) is 2. The van der Waals surface area contributed by atoms with Crippen molar-refractivity contribution >= 4 is 72.0 Å². The Morgan fingerprint density at radius 1 is 0.828 bits per heavy atom. The Kier molecular flexibility index (Phi) is 20.1. The van der Waals surface area contributed by atoms with Crippen LogP contribution in [-0.4, -0.2) is 179 Å². The molecule has 2 amide bonds. The molecule has 1 aliphatic carbocycles. The number of hydrogen-bond donors (Lipinski definition) is 3. The summed E-state index contributed by atoms with van der Waals surface area (Å²) < 4.78 is 54.4. The van der Waals surface area contributed by atoms with Crippen molar-refractivity contribution in [1.82, 2.24) is 40.4 Å². The Labute approximate surface area is 551 Å². The summed E-state index contributed by atoms with van der Waals surface area (Å²) >= 11 is 1.56. The van der Waals surface area contributed by atoms with Gasteiger partial charge in [0.1, 0.15) is 36.0 Å². The number of nitrogens with one attached hydrogen (secondary N) is 1. The first kappa shape index (κ1) is 65.8. The minimum Gasteiger partial charge on any atom is -0.507 e. The maximum atomic E-state index is 15.0. The Balaban J connectivity index is 0.592. The first-order valence-electron chi connectivity index (χ1n) is 32.7. The number of hydrogen-bond acceptors (Lipinski definition) is 23. The van der Waals surface area contributed by atoms with E-state index in [1.807, 2.05) is 87.9 Å². The normalized spacial score (nSPS) is 23.5. The smallest absolute Gasteiger partial charge is 0.507 e. The highest BCUT2D eigenvalue weighted by molar-refractivity contribution is 8.72. The van der Waals surface area contributed by atoms with E-state index in [0.717, 1.165) is 137 Å². The molecule has 0 radical (unpaired) electrons. The molecule has 6 aromatic rings. The standard InChI is InChI=1S/C67H86N12O11S3/c1-39(2)62(66(82)78-37-53(89-67(83)86-42(5)43(6)92-93(7,84)85)31-57(78)65(81)71-40(3)45-12-14-46(15-13-45)63-41(4)70-38-91-63)59-33-60(74-90-59)76-26-19-44(20-27-76)34-75-24-21-50(22-25-75)87-51-29-52(30-51)88-61-28-47(18-23-69-61)79-48-16-17-49(79)36-77(35-48)56-32-55(72-73-64(56)68)54-10-8-9-11-58(54)80/h8-15,18,23,28,32-33,38-40,42-44,48-53,57,62,80H,16-17,19-22,24-27,29-31,34-37H2,1-7H3,(H2,68,73)(H,71,81)/t40-,42?,43?,48?,49?,51?,52?,53+,57-,62?/m0/s1. The second-order valence-electron chi connectivity index (χ2n) is 26.5. The zero-order chi connectivity index (χ0) is 65.2. The van der Waals surface area contributed by atoms with Gasteiger partial charge in [-0.2, -0.15) is 0 Å². The van der Waals surface area contributed by atoms with Crippen LogP contribution in [0.5, 0.6) is 11.6 Å². The van der Waals surface area contributed by atoms with Crippen LogP contribution in [0, 0.1) is 18.8 Å². The average Bonchev–Trinajstić information content (AvgIpc) is 1.70. The van der Waals surface area contributed by atoms with Gasteiger partial charge in [0.2, 0.25) is 17.7 Å². The zero-order valence-corrected chi connectivity index (χ0v) is 56.4. The van der Waals surface area contributed by atoms with Gasteiger partial charge in [-0.1, -0.05) is 55.4 Å². The highest BCUT2D eigenvalue weighted by atomic mass is 33.1. The number of ether oxygens (including phenoxy) is 4. The molecule has 6 aliphatic rings. The molecule has 12 rings (SSSR count). The fourth-order valence-corrected chi connectivity index (χ4v) is 17.9. The molecule has 23 nitrogen and oxygen atoms in total. The van der Waals surface area contributed by atoms with Crippen molar-refractivity contribution in [2.45, 2.75) is 165 Å². The number of amides is 2. The molecule has 5 saturated heterocycles. The van der Waals surface area contributed by atoms with Gasteiger partial charge < -0.3 is 64.1 Å². The fraction of sp³-hybridized carbons (Fsp3) is 0.552. The average molecular weight is 1330 g/mol. The maximum absolute atomic E-state index is 15.0. The van der Waals surface area contributed by atoms with E-state index in [0.29, 0.717) is 51.2 Å². The van der Waals surface area contributed by atoms with E-state index in [2.05, 4.69) is 62.4 Å². The van der Waals surface area contributed by atoms with E-state index in [1.54, 1.807) is 37.3 Å². The summed E-state index contributed by atoms with van der Waals surface area (Å²) in [5, 5.41) is 26.1. The third-order valence-corrected chi connectivity index (χ3v) is 23.4. The summed E-state index contributed by atoms with van der Waals surface area (Å²) in [5.41, 5.74) is 14.2. The Bertz CT molecular complexity index is 3690. The molecule has 9 heterocycles. The van der Waals surface area contributed by atoms with Gasteiger partial charge in [-0.3, -0.25) is 9.59 Å². The van der Waals surface area contributed by atoms with Crippen molar-refractivity contribution in [2.75, 3.05) is 79.0 Å². The molecule has 93 heavy (non-hydrogen) atoms. The van der Waals surface area contributed by atoms with Crippen molar-refractivity contribution in [3.8, 4) is 33.3 Å². The number of anilines is 4. The second-order valence-corrected chi connectivity index (χ2v) is 32.0. The maximum Gasteiger partial charge on any atom is 0.508 e. The number of carbonyl (C=O) groups excluding carboxylic acids is 3. The number of rotatable bonds is 22. The lowest BCUT2D eigenvalue weighted by molar-refractivity contribution is -0.141. The summed E-state index contributed by atoms with van der Waals surface area (Å²) in [5.74, 6) is 0.967. The van der Waals surface area contributed by atoms with Crippen LogP contribution in [0.2, 0.25) is 0 Å². The van der Waals surface area contributed by atoms with E-state index in [9.17, 15) is 27.9 Å². The molecule has 498 valence electrons. The van der Waals surface area contributed by atoms with Crippen LogP contribution in [0.15, 0.2) is 89.0 Å². The number of fused-ring (bicyclic) bond motifs is 2. The van der Waals surface area contributed by atoms with E-state index in [1.165, 1.54) is 4.90 Å². The van der Waals surface area contributed by atoms with Gasteiger partial charge in [0.05, 0.1) is 57.5 Å². The number of benzene rings is 2. The van der Waals surface area contributed by atoms with Crippen molar-refractivity contribution in [3.05, 3.63) is 102 Å². The van der Waals surface area contributed by atoms with Crippen molar-refractivity contribution in [1.29, 1.82) is 0 Å². The molecular weight excluding hydrogens is 1250 g/mol. The van der Waals surface area contributed by atoms with Crippen molar-refractivity contribution in [3.63, 3.8) is 0 Å². The molecule has 2 aromatic carbocycles. The van der Waals surface area contributed by atoms with Crippen LogP contribution in [-0.2, 0) is 32.7 Å². The number of nitrogens with zero attached hydrogens (tertiary/aromatic N) is 10. The number of aryl methyl sites for hydroxylation is 1. The number of phenolic OH excluding ortho intramolecular Hbond substituents is 1. The predicted octanol–water partition coefficient (Wildman–Crippen LogP) is 9.62. The monoisotopic (exact) mass is 1330 g/mol. The lowest BCUT2D eigenvalue weighted by Crippen LogP contribution is -2.54. The number of pyridine rings is 1. The number of thiazole rings is 1. The van der Waals surface area contributed by atoms with Crippen molar-refractivity contribution < 1.29 is 51.4 Å².